The topological polar surface area (TPSA) is 105 Å². The number of nitrogens with one attached hydrogen (secondary N) is 3. The smallest absolute Gasteiger partial charge is 0.323 e. The highest BCUT2D eigenvalue weighted by atomic mass is 16.5. The van der Waals surface area contributed by atoms with Gasteiger partial charge in [-0.05, 0) is 54.1 Å². The summed E-state index contributed by atoms with van der Waals surface area (Å²) in [4.78, 5) is 20.8. The summed E-state index contributed by atoms with van der Waals surface area (Å²) < 4.78 is 7.09. The standard InChI is InChI=1S/C25H21N7O2/c1-34-22-8-3-2-7-21(22)29-24-30-23-10-9-18(16-32(23)31-24)17-5-4-6-20(15-17)28-25(33)27-19-11-13-26-14-12-19/h2-16H,1H3,(H,29,31)(H2,26,27,28,33). The lowest BCUT2D eigenvalue weighted by molar-refractivity contribution is 0.262. The summed E-state index contributed by atoms with van der Waals surface area (Å²) in [6, 6.07) is 22.2. The summed E-state index contributed by atoms with van der Waals surface area (Å²) in [5.41, 5.74) is 4.67. The van der Waals surface area contributed by atoms with Crippen molar-refractivity contribution in [2.75, 3.05) is 23.1 Å². The molecular weight excluding hydrogens is 430 g/mol. The average molecular weight is 451 g/mol. The fourth-order valence-corrected chi connectivity index (χ4v) is 3.48. The van der Waals surface area contributed by atoms with Crippen molar-refractivity contribution < 1.29 is 9.53 Å². The molecule has 0 aliphatic rings. The molecule has 0 radical (unpaired) electrons. The SMILES string of the molecule is COc1ccccc1Nc1nc2ccc(-c3cccc(NC(=O)Nc4ccncc4)c3)cn2n1. The van der Waals surface area contributed by atoms with Gasteiger partial charge in [0.2, 0.25) is 5.95 Å². The largest absolute Gasteiger partial charge is 0.495 e. The number of rotatable bonds is 6. The number of hydrogen-bond donors (Lipinski definition) is 3. The van der Waals surface area contributed by atoms with Crippen LogP contribution in [-0.2, 0) is 0 Å². The van der Waals surface area contributed by atoms with Gasteiger partial charge in [-0.3, -0.25) is 4.98 Å². The van der Waals surface area contributed by atoms with Crippen molar-refractivity contribution >= 4 is 34.7 Å². The van der Waals surface area contributed by atoms with Crippen LogP contribution in [0.5, 0.6) is 5.75 Å². The molecule has 34 heavy (non-hydrogen) atoms. The number of benzene rings is 2. The predicted molar refractivity (Wildman–Crippen MR) is 132 cm³/mol. The highest BCUT2D eigenvalue weighted by Crippen LogP contribution is 2.27. The number of amides is 2. The maximum atomic E-state index is 12.3. The van der Waals surface area contributed by atoms with Gasteiger partial charge in [0.1, 0.15) is 5.75 Å². The number of carbonyl (C=O) groups excluding carboxylic acids is 1. The van der Waals surface area contributed by atoms with E-state index in [0.717, 1.165) is 16.8 Å². The molecule has 2 aromatic carbocycles. The van der Waals surface area contributed by atoms with Gasteiger partial charge in [0, 0.05) is 35.5 Å². The van der Waals surface area contributed by atoms with Gasteiger partial charge in [-0.15, -0.1) is 5.10 Å². The highest BCUT2D eigenvalue weighted by molar-refractivity contribution is 6.00. The number of methoxy groups -OCH3 is 1. The van der Waals surface area contributed by atoms with E-state index in [1.165, 1.54) is 0 Å². The van der Waals surface area contributed by atoms with Crippen molar-refractivity contribution in [2.24, 2.45) is 0 Å². The molecule has 168 valence electrons. The fourth-order valence-electron chi connectivity index (χ4n) is 3.48. The third kappa shape index (κ3) is 4.63. The maximum absolute atomic E-state index is 12.3. The Morgan fingerprint density at radius 1 is 0.882 bits per heavy atom. The summed E-state index contributed by atoms with van der Waals surface area (Å²) in [6.07, 6.45) is 5.13. The zero-order valence-electron chi connectivity index (χ0n) is 18.3. The molecule has 9 nitrogen and oxygen atoms in total. The zero-order valence-corrected chi connectivity index (χ0v) is 18.3. The van der Waals surface area contributed by atoms with Gasteiger partial charge in [-0.1, -0.05) is 24.3 Å². The molecule has 3 aromatic heterocycles. The van der Waals surface area contributed by atoms with Crippen LogP contribution in [0.25, 0.3) is 16.8 Å². The second-order valence-electron chi connectivity index (χ2n) is 7.38. The minimum atomic E-state index is -0.331. The predicted octanol–water partition coefficient (Wildman–Crippen LogP) is 5.19. The van der Waals surface area contributed by atoms with Crippen LogP contribution < -0.4 is 20.7 Å². The van der Waals surface area contributed by atoms with Crippen LogP contribution in [0, 0.1) is 0 Å². The van der Waals surface area contributed by atoms with Crippen LogP contribution >= 0.6 is 0 Å². The number of urea groups is 1. The fraction of sp³-hybridized carbons (Fsp3) is 0.0400. The first kappa shape index (κ1) is 21.0. The number of carbonyl (C=O) groups is 1. The van der Waals surface area contributed by atoms with E-state index in [1.54, 1.807) is 36.2 Å². The quantitative estimate of drug-likeness (QED) is 0.328. The Kier molecular flexibility index (Phi) is 5.73. The normalized spacial score (nSPS) is 10.6. The molecule has 0 bridgehead atoms. The molecule has 0 saturated carbocycles. The van der Waals surface area contributed by atoms with Crippen LogP contribution in [0.4, 0.5) is 27.8 Å². The maximum Gasteiger partial charge on any atom is 0.323 e. The summed E-state index contributed by atoms with van der Waals surface area (Å²) in [5, 5.41) is 13.4. The van der Waals surface area contributed by atoms with Crippen LogP contribution in [0.15, 0.2) is 91.4 Å². The molecule has 3 heterocycles. The lowest BCUT2D eigenvalue weighted by Crippen LogP contribution is -2.19. The minimum Gasteiger partial charge on any atom is -0.495 e. The number of aromatic nitrogens is 4. The number of para-hydroxylation sites is 2. The first-order chi connectivity index (χ1) is 16.7. The number of pyridine rings is 2. The summed E-state index contributed by atoms with van der Waals surface area (Å²) in [7, 11) is 1.62. The van der Waals surface area contributed by atoms with E-state index in [4.69, 9.17) is 4.74 Å². The lowest BCUT2D eigenvalue weighted by atomic mass is 10.1. The van der Waals surface area contributed by atoms with Gasteiger partial charge in [-0.25, -0.2) is 9.31 Å². The summed E-state index contributed by atoms with van der Waals surface area (Å²) in [5.74, 6) is 1.17. The lowest BCUT2D eigenvalue weighted by Gasteiger charge is -2.09. The van der Waals surface area contributed by atoms with Crippen molar-refractivity contribution in [3.63, 3.8) is 0 Å². The number of hydrogen-bond acceptors (Lipinski definition) is 6. The molecule has 5 aromatic rings. The highest BCUT2D eigenvalue weighted by Gasteiger charge is 2.09. The Labute approximate surface area is 195 Å². The Morgan fingerprint density at radius 3 is 2.56 bits per heavy atom. The van der Waals surface area contributed by atoms with Gasteiger partial charge in [0.15, 0.2) is 5.65 Å². The van der Waals surface area contributed by atoms with Crippen LogP contribution in [-0.4, -0.2) is 32.7 Å². The Bertz CT molecular complexity index is 1450. The molecule has 5 rings (SSSR count). The third-order valence-corrected chi connectivity index (χ3v) is 5.08. The summed E-state index contributed by atoms with van der Waals surface area (Å²) in [6.45, 7) is 0. The summed E-state index contributed by atoms with van der Waals surface area (Å²) >= 11 is 0. The Morgan fingerprint density at radius 2 is 1.71 bits per heavy atom. The molecule has 2 amide bonds. The second-order valence-corrected chi connectivity index (χ2v) is 7.38. The van der Waals surface area contributed by atoms with Crippen molar-refractivity contribution in [1.29, 1.82) is 0 Å². The molecule has 0 atom stereocenters. The van der Waals surface area contributed by atoms with E-state index in [2.05, 4.69) is 31.0 Å². The first-order valence-electron chi connectivity index (χ1n) is 10.5. The molecule has 0 aliphatic heterocycles. The van der Waals surface area contributed by atoms with Crippen molar-refractivity contribution in [2.45, 2.75) is 0 Å². The number of fused-ring (bicyclic) bond motifs is 1. The van der Waals surface area contributed by atoms with Gasteiger partial charge in [-0.2, -0.15) is 4.98 Å². The molecule has 0 aliphatic carbocycles. The molecule has 0 fully saturated rings. The number of ether oxygens (including phenoxy) is 1. The van der Waals surface area contributed by atoms with E-state index in [9.17, 15) is 4.79 Å². The molecule has 9 heteroatoms. The average Bonchev–Trinajstić information content (AvgIpc) is 3.26. The van der Waals surface area contributed by atoms with E-state index >= 15 is 0 Å². The van der Waals surface area contributed by atoms with Crippen LogP contribution in [0.2, 0.25) is 0 Å². The first-order valence-corrected chi connectivity index (χ1v) is 10.5. The third-order valence-electron chi connectivity index (χ3n) is 5.08. The van der Waals surface area contributed by atoms with Crippen molar-refractivity contribution in [3.8, 4) is 16.9 Å². The van der Waals surface area contributed by atoms with Gasteiger partial charge in [0.25, 0.3) is 0 Å². The van der Waals surface area contributed by atoms with E-state index < -0.39 is 0 Å². The molecule has 0 saturated heterocycles. The second kappa shape index (κ2) is 9.29. The van der Waals surface area contributed by atoms with Gasteiger partial charge < -0.3 is 20.7 Å². The number of anilines is 4. The van der Waals surface area contributed by atoms with Gasteiger partial charge >= 0.3 is 6.03 Å². The Balaban J connectivity index is 1.34. The van der Waals surface area contributed by atoms with Crippen molar-refractivity contribution in [1.82, 2.24) is 19.6 Å². The van der Waals surface area contributed by atoms with Crippen LogP contribution in [0.1, 0.15) is 0 Å². The van der Waals surface area contributed by atoms with Crippen LogP contribution in [0.3, 0.4) is 0 Å². The minimum absolute atomic E-state index is 0.331. The zero-order chi connectivity index (χ0) is 23.3. The van der Waals surface area contributed by atoms with Crippen molar-refractivity contribution in [3.05, 3.63) is 91.4 Å². The Hall–Kier alpha value is -4.92. The molecular formula is C25H21N7O2. The molecule has 0 unspecified atom stereocenters. The molecule has 0 spiro atoms. The van der Waals surface area contributed by atoms with Gasteiger partial charge in [0.05, 0.1) is 12.8 Å². The number of nitrogens with zero attached hydrogens (tertiary/aromatic N) is 4. The molecule has 3 N–H and O–H groups in total. The van der Waals surface area contributed by atoms with E-state index in [-0.39, 0.29) is 6.03 Å². The van der Waals surface area contributed by atoms with E-state index in [1.807, 2.05) is 66.9 Å². The van der Waals surface area contributed by atoms with E-state index in [0.29, 0.717) is 28.7 Å². The monoisotopic (exact) mass is 451 g/mol.